The van der Waals surface area contributed by atoms with Crippen LogP contribution in [0.25, 0.3) is 21.9 Å². The van der Waals surface area contributed by atoms with E-state index in [2.05, 4.69) is 163 Å². The van der Waals surface area contributed by atoms with Crippen LogP contribution >= 0.6 is 0 Å². The topological polar surface area (TPSA) is 29.3 Å². The van der Waals surface area contributed by atoms with E-state index < -0.39 is 0 Å². The normalized spacial score (nSPS) is 12.9. The second-order valence-electron chi connectivity index (χ2n) is 12.1. The number of nitrogen functional groups attached to an aromatic ring is 1. The summed E-state index contributed by atoms with van der Waals surface area (Å²) in [5.41, 5.74) is 18.1. The first-order valence-electron chi connectivity index (χ1n) is 15.7. The number of rotatable bonds is 7. The molecular formula is C43H34N2. The highest BCUT2D eigenvalue weighted by Crippen LogP contribution is 2.54. The third-order valence-electron chi connectivity index (χ3n) is 9.37. The predicted molar refractivity (Wildman–Crippen MR) is 190 cm³/mol. The molecule has 0 heterocycles. The fourth-order valence-corrected chi connectivity index (χ4v) is 7.37. The van der Waals surface area contributed by atoms with Crippen molar-refractivity contribution in [3.63, 3.8) is 0 Å². The van der Waals surface area contributed by atoms with Crippen molar-refractivity contribution in [2.75, 3.05) is 10.6 Å². The van der Waals surface area contributed by atoms with Crippen LogP contribution in [0.5, 0.6) is 0 Å². The first-order valence-corrected chi connectivity index (χ1v) is 15.7. The molecule has 1 aliphatic carbocycles. The van der Waals surface area contributed by atoms with Gasteiger partial charge in [0.15, 0.2) is 0 Å². The maximum absolute atomic E-state index is 6.18. The molecule has 0 atom stereocenters. The molecule has 0 amide bonds. The summed E-state index contributed by atoms with van der Waals surface area (Å²) in [5.74, 6) is 0. The van der Waals surface area contributed by atoms with Crippen LogP contribution in [0.1, 0.15) is 22.3 Å². The molecule has 0 fully saturated rings. The van der Waals surface area contributed by atoms with Gasteiger partial charge in [0.1, 0.15) is 0 Å². The van der Waals surface area contributed by atoms with Crippen molar-refractivity contribution in [2.24, 2.45) is 0 Å². The molecule has 0 spiro atoms. The Bertz CT molecular complexity index is 2070. The third-order valence-corrected chi connectivity index (χ3v) is 9.37. The Morgan fingerprint density at radius 3 is 1.78 bits per heavy atom. The van der Waals surface area contributed by atoms with Crippen LogP contribution in [0.15, 0.2) is 170 Å². The lowest BCUT2D eigenvalue weighted by Gasteiger charge is -2.34. The van der Waals surface area contributed by atoms with Crippen LogP contribution in [0.2, 0.25) is 0 Å². The zero-order valence-corrected chi connectivity index (χ0v) is 25.1. The van der Waals surface area contributed by atoms with Gasteiger partial charge in [0.2, 0.25) is 0 Å². The molecule has 0 radical (unpaired) electrons. The zero-order chi connectivity index (χ0) is 30.2. The van der Waals surface area contributed by atoms with E-state index >= 15 is 0 Å². The fraction of sp³-hybridized carbons (Fsp3) is 0.0698. The Morgan fingerprint density at radius 2 is 1.04 bits per heavy atom. The summed E-state index contributed by atoms with van der Waals surface area (Å²) >= 11 is 0. The standard InChI is InChI=1S/C43H34N2/c44-34-22-24-35(25-23-34)45(42-21-11-17-33-16-7-8-18-37(33)42)36-26-27-39-38-19-9-10-20-40(38)43(41(39)28-36,29-31-12-3-1-4-13-31)30-32-14-5-2-6-15-32/h1-28H,29-30,44H2. The van der Waals surface area contributed by atoms with E-state index in [9.17, 15) is 0 Å². The Labute approximate surface area is 265 Å². The molecular weight excluding hydrogens is 544 g/mol. The van der Waals surface area contributed by atoms with E-state index in [1.54, 1.807) is 0 Å². The minimum atomic E-state index is -0.240. The first kappa shape index (κ1) is 27.0. The molecule has 0 bridgehead atoms. The zero-order valence-electron chi connectivity index (χ0n) is 25.1. The van der Waals surface area contributed by atoms with Gasteiger partial charge in [-0.25, -0.2) is 0 Å². The van der Waals surface area contributed by atoms with Gasteiger partial charge in [-0.05, 0) is 94.1 Å². The monoisotopic (exact) mass is 578 g/mol. The Kier molecular flexibility index (Phi) is 6.69. The summed E-state index contributed by atoms with van der Waals surface area (Å²) in [4.78, 5) is 2.39. The molecule has 7 aromatic rings. The van der Waals surface area contributed by atoms with Gasteiger partial charge in [-0.1, -0.05) is 127 Å². The van der Waals surface area contributed by atoms with Gasteiger partial charge in [0, 0.05) is 27.9 Å². The SMILES string of the molecule is Nc1ccc(N(c2ccc3c(c2)C(Cc2ccccc2)(Cc2ccccc2)c2ccccc2-3)c2cccc3ccccc23)cc1. The summed E-state index contributed by atoms with van der Waals surface area (Å²) in [6, 6.07) is 61.5. The smallest absolute Gasteiger partial charge is 0.0540 e. The molecule has 2 N–H and O–H groups in total. The Morgan fingerprint density at radius 1 is 0.467 bits per heavy atom. The molecule has 2 heteroatoms. The number of hydrogen-bond donors (Lipinski definition) is 1. The second-order valence-corrected chi connectivity index (χ2v) is 12.1. The van der Waals surface area contributed by atoms with Crippen molar-refractivity contribution in [3.8, 4) is 11.1 Å². The lowest BCUT2D eigenvalue weighted by atomic mass is 9.69. The average molecular weight is 579 g/mol. The average Bonchev–Trinajstić information content (AvgIpc) is 3.35. The highest BCUT2D eigenvalue weighted by Gasteiger charge is 2.43. The molecule has 45 heavy (non-hydrogen) atoms. The van der Waals surface area contributed by atoms with Crippen LogP contribution < -0.4 is 10.6 Å². The number of nitrogens with zero attached hydrogens (tertiary/aromatic N) is 1. The van der Waals surface area contributed by atoms with E-state index in [-0.39, 0.29) is 5.41 Å². The molecule has 7 aromatic carbocycles. The highest BCUT2D eigenvalue weighted by molar-refractivity contribution is 5.99. The number of hydrogen-bond acceptors (Lipinski definition) is 2. The lowest BCUT2D eigenvalue weighted by Crippen LogP contribution is -2.31. The van der Waals surface area contributed by atoms with E-state index in [0.717, 1.165) is 35.6 Å². The van der Waals surface area contributed by atoms with Crippen LogP contribution in [-0.4, -0.2) is 0 Å². The lowest BCUT2D eigenvalue weighted by molar-refractivity contribution is 0.520. The van der Waals surface area contributed by atoms with Gasteiger partial charge < -0.3 is 10.6 Å². The number of benzene rings is 7. The minimum Gasteiger partial charge on any atom is -0.399 e. The molecule has 0 saturated heterocycles. The molecule has 0 saturated carbocycles. The van der Waals surface area contributed by atoms with Gasteiger partial charge in [-0.3, -0.25) is 0 Å². The summed E-state index contributed by atoms with van der Waals surface area (Å²) in [5, 5.41) is 2.42. The Balaban J connectivity index is 1.38. The second kappa shape index (κ2) is 11.2. The summed E-state index contributed by atoms with van der Waals surface area (Å²) < 4.78 is 0. The number of anilines is 4. The summed E-state index contributed by atoms with van der Waals surface area (Å²) in [7, 11) is 0. The van der Waals surface area contributed by atoms with Gasteiger partial charge in [-0.15, -0.1) is 0 Å². The molecule has 216 valence electrons. The van der Waals surface area contributed by atoms with Crippen molar-refractivity contribution in [3.05, 3.63) is 192 Å². The quantitative estimate of drug-likeness (QED) is 0.191. The maximum atomic E-state index is 6.18. The van der Waals surface area contributed by atoms with Crippen molar-refractivity contribution in [2.45, 2.75) is 18.3 Å². The molecule has 0 aromatic heterocycles. The Hall–Kier alpha value is -5.60. The van der Waals surface area contributed by atoms with E-state index in [1.807, 2.05) is 12.1 Å². The van der Waals surface area contributed by atoms with Crippen molar-refractivity contribution in [1.82, 2.24) is 0 Å². The first-order chi connectivity index (χ1) is 22.2. The molecule has 8 rings (SSSR count). The minimum absolute atomic E-state index is 0.240. The van der Waals surface area contributed by atoms with Crippen LogP contribution in [-0.2, 0) is 18.3 Å². The van der Waals surface area contributed by atoms with E-state index in [4.69, 9.17) is 5.73 Å². The number of nitrogens with two attached hydrogens (primary N) is 1. The summed E-state index contributed by atoms with van der Waals surface area (Å²) in [6.45, 7) is 0. The number of fused-ring (bicyclic) bond motifs is 4. The maximum Gasteiger partial charge on any atom is 0.0540 e. The molecule has 1 aliphatic rings. The van der Waals surface area contributed by atoms with E-state index in [1.165, 1.54) is 44.2 Å². The van der Waals surface area contributed by atoms with Gasteiger partial charge in [-0.2, -0.15) is 0 Å². The van der Waals surface area contributed by atoms with Crippen LogP contribution in [0, 0.1) is 0 Å². The van der Waals surface area contributed by atoms with Gasteiger partial charge in [0.25, 0.3) is 0 Å². The van der Waals surface area contributed by atoms with Crippen LogP contribution in [0.3, 0.4) is 0 Å². The van der Waals surface area contributed by atoms with Crippen LogP contribution in [0.4, 0.5) is 22.7 Å². The predicted octanol–water partition coefficient (Wildman–Crippen LogP) is 10.6. The molecule has 2 nitrogen and oxygen atoms in total. The largest absolute Gasteiger partial charge is 0.399 e. The van der Waals surface area contributed by atoms with Gasteiger partial charge in [0.05, 0.1) is 5.69 Å². The molecule has 0 unspecified atom stereocenters. The van der Waals surface area contributed by atoms with Crippen molar-refractivity contribution in [1.29, 1.82) is 0 Å². The van der Waals surface area contributed by atoms with Crippen molar-refractivity contribution >= 4 is 33.5 Å². The van der Waals surface area contributed by atoms with E-state index in [0.29, 0.717) is 0 Å². The summed E-state index contributed by atoms with van der Waals surface area (Å²) in [6.07, 6.45) is 1.82. The third kappa shape index (κ3) is 4.76. The highest BCUT2D eigenvalue weighted by atomic mass is 15.1. The fourth-order valence-electron chi connectivity index (χ4n) is 7.37. The van der Waals surface area contributed by atoms with Gasteiger partial charge >= 0.3 is 0 Å². The van der Waals surface area contributed by atoms with Crippen molar-refractivity contribution < 1.29 is 0 Å². The molecule has 0 aliphatic heterocycles.